The SMILES string of the molecule is COc1ccc(C(=O)N(C)Cc2ccc(C)cc2)c2ccccc12. The number of hydrogen-bond donors (Lipinski definition) is 0. The average Bonchev–Trinajstić information content (AvgIpc) is 2.62. The van der Waals surface area contributed by atoms with Crippen molar-refractivity contribution < 1.29 is 9.53 Å². The maximum Gasteiger partial charge on any atom is 0.254 e. The van der Waals surface area contributed by atoms with Crippen molar-refractivity contribution in [3.05, 3.63) is 77.4 Å². The molecule has 122 valence electrons. The lowest BCUT2D eigenvalue weighted by atomic mass is 10.0. The molecule has 3 heteroatoms. The van der Waals surface area contributed by atoms with Gasteiger partial charge in [0.05, 0.1) is 7.11 Å². The van der Waals surface area contributed by atoms with Gasteiger partial charge in [-0.15, -0.1) is 0 Å². The van der Waals surface area contributed by atoms with Crippen LogP contribution < -0.4 is 4.74 Å². The zero-order valence-corrected chi connectivity index (χ0v) is 14.2. The van der Waals surface area contributed by atoms with Crippen molar-refractivity contribution in [1.29, 1.82) is 0 Å². The van der Waals surface area contributed by atoms with Gasteiger partial charge in [0.25, 0.3) is 5.91 Å². The number of hydrogen-bond acceptors (Lipinski definition) is 2. The first kappa shape index (κ1) is 16.1. The first-order chi connectivity index (χ1) is 11.6. The van der Waals surface area contributed by atoms with E-state index in [-0.39, 0.29) is 5.91 Å². The number of aryl methyl sites for hydroxylation is 1. The summed E-state index contributed by atoms with van der Waals surface area (Å²) in [5.74, 6) is 0.790. The van der Waals surface area contributed by atoms with Gasteiger partial charge in [0.15, 0.2) is 0 Å². The van der Waals surface area contributed by atoms with Gasteiger partial charge in [0, 0.05) is 24.5 Å². The fourth-order valence-electron chi connectivity index (χ4n) is 2.88. The number of amides is 1. The molecule has 3 aromatic rings. The molecule has 0 fully saturated rings. The molecule has 0 radical (unpaired) electrons. The van der Waals surface area contributed by atoms with Crippen LogP contribution in [0.4, 0.5) is 0 Å². The minimum atomic E-state index is 0.00873. The van der Waals surface area contributed by atoms with Gasteiger partial charge in [-0.25, -0.2) is 0 Å². The van der Waals surface area contributed by atoms with E-state index in [4.69, 9.17) is 4.74 Å². The van der Waals surface area contributed by atoms with Gasteiger partial charge < -0.3 is 9.64 Å². The first-order valence-electron chi connectivity index (χ1n) is 7.97. The summed E-state index contributed by atoms with van der Waals surface area (Å²) in [5.41, 5.74) is 3.03. The van der Waals surface area contributed by atoms with Crippen molar-refractivity contribution in [1.82, 2.24) is 4.90 Å². The van der Waals surface area contributed by atoms with Crippen LogP contribution in [-0.4, -0.2) is 25.0 Å². The lowest BCUT2D eigenvalue weighted by Gasteiger charge is -2.19. The van der Waals surface area contributed by atoms with Crippen molar-refractivity contribution in [3.63, 3.8) is 0 Å². The summed E-state index contributed by atoms with van der Waals surface area (Å²) in [4.78, 5) is 14.7. The summed E-state index contributed by atoms with van der Waals surface area (Å²) in [6, 6.07) is 19.8. The number of nitrogens with zero attached hydrogens (tertiary/aromatic N) is 1. The summed E-state index contributed by atoms with van der Waals surface area (Å²) < 4.78 is 5.40. The van der Waals surface area contributed by atoms with E-state index >= 15 is 0 Å². The molecule has 0 aliphatic rings. The molecule has 0 atom stereocenters. The van der Waals surface area contributed by atoms with Crippen LogP contribution >= 0.6 is 0 Å². The maximum absolute atomic E-state index is 12.9. The number of fused-ring (bicyclic) bond motifs is 1. The van der Waals surface area contributed by atoms with Crippen LogP contribution in [-0.2, 0) is 6.54 Å². The number of ether oxygens (including phenoxy) is 1. The van der Waals surface area contributed by atoms with Gasteiger partial charge in [0.2, 0.25) is 0 Å². The molecule has 24 heavy (non-hydrogen) atoms. The Morgan fingerprint density at radius 3 is 2.29 bits per heavy atom. The second-order valence-corrected chi connectivity index (χ2v) is 6.01. The zero-order chi connectivity index (χ0) is 17.1. The number of carbonyl (C=O) groups excluding carboxylic acids is 1. The average molecular weight is 319 g/mol. The molecule has 0 bridgehead atoms. The summed E-state index contributed by atoms with van der Waals surface area (Å²) in [7, 11) is 3.48. The van der Waals surface area contributed by atoms with Crippen LogP contribution in [0.2, 0.25) is 0 Å². The second-order valence-electron chi connectivity index (χ2n) is 6.01. The van der Waals surface area contributed by atoms with Crippen molar-refractivity contribution in [2.45, 2.75) is 13.5 Å². The highest BCUT2D eigenvalue weighted by Crippen LogP contribution is 2.29. The molecule has 0 saturated carbocycles. The van der Waals surface area contributed by atoms with Crippen molar-refractivity contribution in [2.24, 2.45) is 0 Å². The standard InChI is InChI=1S/C21H21NO2/c1-15-8-10-16(11-9-15)14-22(2)21(23)19-12-13-20(24-3)18-7-5-4-6-17(18)19/h4-13H,14H2,1-3H3. The third-order valence-corrected chi connectivity index (χ3v) is 4.22. The van der Waals surface area contributed by atoms with Gasteiger partial charge in [-0.1, -0.05) is 54.1 Å². The van der Waals surface area contributed by atoms with Gasteiger partial charge in [-0.2, -0.15) is 0 Å². The number of methoxy groups -OCH3 is 1. The largest absolute Gasteiger partial charge is 0.496 e. The smallest absolute Gasteiger partial charge is 0.254 e. The third-order valence-electron chi connectivity index (χ3n) is 4.22. The van der Waals surface area contributed by atoms with E-state index in [1.54, 1.807) is 12.0 Å². The lowest BCUT2D eigenvalue weighted by molar-refractivity contribution is 0.0787. The summed E-state index contributed by atoms with van der Waals surface area (Å²) in [6.07, 6.45) is 0. The molecule has 0 unspecified atom stereocenters. The van der Waals surface area contributed by atoms with Gasteiger partial charge in [-0.05, 0) is 30.0 Å². The van der Waals surface area contributed by atoms with E-state index in [1.807, 2.05) is 43.4 Å². The van der Waals surface area contributed by atoms with E-state index < -0.39 is 0 Å². The highest BCUT2D eigenvalue weighted by Gasteiger charge is 2.16. The van der Waals surface area contributed by atoms with Crippen molar-refractivity contribution in [3.8, 4) is 5.75 Å². The minimum Gasteiger partial charge on any atom is -0.496 e. The van der Waals surface area contributed by atoms with Crippen LogP contribution in [0, 0.1) is 6.92 Å². The molecule has 0 aliphatic heterocycles. The molecular formula is C21H21NO2. The lowest BCUT2D eigenvalue weighted by Crippen LogP contribution is -2.26. The van der Waals surface area contributed by atoms with Crippen LogP contribution in [0.25, 0.3) is 10.8 Å². The second kappa shape index (κ2) is 6.75. The maximum atomic E-state index is 12.9. The molecule has 0 saturated heterocycles. The summed E-state index contributed by atoms with van der Waals surface area (Å²) in [5, 5.41) is 1.87. The molecule has 3 nitrogen and oxygen atoms in total. The number of rotatable bonds is 4. The van der Waals surface area contributed by atoms with E-state index in [0.717, 1.165) is 22.1 Å². The van der Waals surface area contributed by atoms with Crippen LogP contribution in [0.5, 0.6) is 5.75 Å². The molecule has 0 aliphatic carbocycles. The molecule has 0 spiro atoms. The Morgan fingerprint density at radius 1 is 0.958 bits per heavy atom. The van der Waals surface area contributed by atoms with Crippen LogP contribution in [0.1, 0.15) is 21.5 Å². The van der Waals surface area contributed by atoms with E-state index in [1.165, 1.54) is 5.56 Å². The predicted octanol–water partition coefficient (Wildman–Crippen LogP) is 4.43. The van der Waals surface area contributed by atoms with Crippen molar-refractivity contribution >= 4 is 16.7 Å². The van der Waals surface area contributed by atoms with Gasteiger partial charge in [-0.3, -0.25) is 4.79 Å². The molecule has 0 aromatic heterocycles. The number of carbonyl (C=O) groups is 1. The van der Waals surface area contributed by atoms with E-state index in [9.17, 15) is 4.79 Å². The normalized spacial score (nSPS) is 10.6. The van der Waals surface area contributed by atoms with Crippen LogP contribution in [0.3, 0.4) is 0 Å². The Kier molecular flexibility index (Phi) is 4.52. The predicted molar refractivity (Wildman–Crippen MR) is 97.5 cm³/mol. The molecule has 0 heterocycles. The summed E-state index contributed by atoms with van der Waals surface area (Å²) >= 11 is 0. The van der Waals surface area contributed by atoms with Gasteiger partial charge >= 0.3 is 0 Å². The van der Waals surface area contributed by atoms with E-state index in [0.29, 0.717) is 12.1 Å². The monoisotopic (exact) mass is 319 g/mol. The molecule has 3 aromatic carbocycles. The third kappa shape index (κ3) is 3.11. The Bertz CT molecular complexity index is 869. The Morgan fingerprint density at radius 2 is 1.62 bits per heavy atom. The quantitative estimate of drug-likeness (QED) is 0.712. The van der Waals surface area contributed by atoms with Crippen molar-refractivity contribution in [2.75, 3.05) is 14.2 Å². The molecule has 1 amide bonds. The van der Waals surface area contributed by atoms with E-state index in [2.05, 4.69) is 31.2 Å². The Hall–Kier alpha value is -2.81. The fraction of sp³-hybridized carbons (Fsp3) is 0.190. The van der Waals surface area contributed by atoms with Crippen LogP contribution in [0.15, 0.2) is 60.7 Å². The van der Waals surface area contributed by atoms with Gasteiger partial charge in [0.1, 0.15) is 5.75 Å². The Labute approximate surface area is 142 Å². The summed E-state index contributed by atoms with van der Waals surface area (Å²) in [6.45, 7) is 2.64. The highest BCUT2D eigenvalue weighted by atomic mass is 16.5. The Balaban J connectivity index is 1.92. The molecule has 0 N–H and O–H groups in total. The minimum absolute atomic E-state index is 0.00873. The molecular weight excluding hydrogens is 298 g/mol. The zero-order valence-electron chi connectivity index (χ0n) is 14.2. The number of benzene rings is 3. The molecule has 3 rings (SSSR count). The first-order valence-corrected chi connectivity index (χ1v) is 7.97. The highest BCUT2D eigenvalue weighted by molar-refractivity contribution is 6.08. The topological polar surface area (TPSA) is 29.5 Å². The fourth-order valence-corrected chi connectivity index (χ4v) is 2.88.